The fourth-order valence-electron chi connectivity index (χ4n) is 3.63. The molecule has 12 heteroatoms. The van der Waals surface area contributed by atoms with Crippen molar-refractivity contribution in [3.63, 3.8) is 0 Å². The molecule has 2 unspecified atom stereocenters. The number of unbranched alkanes of at least 4 members (excludes halogenated alkanes) is 1. The molecule has 0 heterocycles. The zero-order chi connectivity index (χ0) is 32.2. The Morgan fingerprint density at radius 3 is 1.50 bits per heavy atom. The first-order valence-corrected chi connectivity index (χ1v) is 19.5. The quantitative estimate of drug-likeness (QED) is 0.0825. The van der Waals surface area contributed by atoms with Crippen LogP contribution < -0.4 is 0 Å². The van der Waals surface area contributed by atoms with E-state index in [0.717, 1.165) is 86.4 Å². The minimum atomic E-state index is -0.284. The summed E-state index contributed by atoms with van der Waals surface area (Å²) in [6, 6.07) is 8.41. The molecule has 0 saturated heterocycles. The molecular weight excluding hydrogens is 649 g/mol. The van der Waals surface area contributed by atoms with Crippen LogP contribution in [0.15, 0.2) is 29.2 Å². The van der Waals surface area contributed by atoms with E-state index in [9.17, 15) is 5.11 Å². The van der Waals surface area contributed by atoms with E-state index in [1.165, 1.54) is 5.56 Å². The number of hydrogen-bond donors (Lipinski definition) is 10. The van der Waals surface area contributed by atoms with Gasteiger partial charge in [-0.05, 0) is 100 Å². The van der Waals surface area contributed by atoms with Crippen molar-refractivity contribution in [3.05, 3.63) is 29.8 Å². The van der Waals surface area contributed by atoms with Gasteiger partial charge >= 0.3 is 0 Å². The normalized spacial score (nSPS) is 22.8. The highest BCUT2D eigenvalue weighted by atomic mass is 33.1. The van der Waals surface area contributed by atoms with E-state index < -0.39 is 0 Å². The maximum Gasteiger partial charge on any atom is 0.0625 e. The van der Waals surface area contributed by atoms with Crippen LogP contribution in [0.4, 0.5) is 0 Å². The van der Waals surface area contributed by atoms with Crippen LogP contribution in [-0.4, -0.2) is 96.5 Å². The molecule has 0 bridgehead atoms. The topological polar surface area (TPSA) is 121 Å². The molecule has 250 valence electrons. The van der Waals surface area contributed by atoms with Gasteiger partial charge in [0, 0.05) is 33.5 Å². The molecule has 1 aromatic carbocycles. The third-order valence-corrected chi connectivity index (χ3v) is 10.4. The summed E-state index contributed by atoms with van der Waals surface area (Å²) in [6.45, 7) is 4.33. The molecule has 2 saturated carbocycles. The molecule has 2 aliphatic rings. The molecule has 2 atom stereocenters. The van der Waals surface area contributed by atoms with Gasteiger partial charge in [0.1, 0.15) is 0 Å². The van der Waals surface area contributed by atoms with E-state index >= 15 is 0 Å². The largest absolute Gasteiger partial charge is 0.396 e. The molecular formula is C30H58O6S6. The maximum absolute atomic E-state index is 9.41. The van der Waals surface area contributed by atoms with E-state index in [4.69, 9.17) is 25.5 Å². The van der Waals surface area contributed by atoms with Crippen molar-refractivity contribution in [1.29, 1.82) is 0 Å². The summed E-state index contributed by atoms with van der Waals surface area (Å²) in [5.41, 5.74) is 1.40. The molecule has 0 aliphatic heterocycles. The summed E-state index contributed by atoms with van der Waals surface area (Å²) < 4.78 is 0. The zero-order valence-electron chi connectivity index (χ0n) is 25.4. The highest BCUT2D eigenvalue weighted by molar-refractivity contribution is 8.76. The third kappa shape index (κ3) is 29.8. The van der Waals surface area contributed by atoms with Gasteiger partial charge in [-0.3, -0.25) is 0 Å². The molecule has 0 amide bonds. The van der Waals surface area contributed by atoms with Crippen LogP contribution in [0.5, 0.6) is 0 Å². The molecule has 6 N–H and O–H groups in total. The van der Waals surface area contributed by atoms with Crippen molar-refractivity contribution < 1.29 is 30.6 Å². The molecule has 2 aliphatic carbocycles. The second-order valence-electron chi connectivity index (χ2n) is 10.3. The van der Waals surface area contributed by atoms with Crippen LogP contribution in [0.1, 0.15) is 89.5 Å². The number of rotatable bonds is 10. The smallest absolute Gasteiger partial charge is 0.0625 e. The Morgan fingerprint density at radius 2 is 1.19 bits per heavy atom. The SMILES string of the molecule is CC(O)C(C)S.OC1CCC(S)CC1.OC1CCC(c2ccc(S)cc2)CC1.OCCCCS.OCCSSCCO. The lowest BCUT2D eigenvalue weighted by Gasteiger charge is -2.25. The second kappa shape index (κ2) is 32.0. The van der Waals surface area contributed by atoms with Crippen molar-refractivity contribution in [2.45, 2.75) is 118 Å². The zero-order valence-corrected chi connectivity index (χ0v) is 30.6. The predicted molar refractivity (Wildman–Crippen MR) is 198 cm³/mol. The molecule has 0 radical (unpaired) electrons. The molecule has 0 aromatic heterocycles. The van der Waals surface area contributed by atoms with Crippen LogP contribution in [0.25, 0.3) is 0 Å². The molecule has 6 nitrogen and oxygen atoms in total. The first-order chi connectivity index (χ1) is 20.0. The Bertz CT molecular complexity index is 645. The monoisotopic (exact) mass is 706 g/mol. The number of benzene rings is 1. The summed E-state index contributed by atoms with van der Waals surface area (Å²) in [4.78, 5) is 1.02. The van der Waals surface area contributed by atoms with Crippen LogP contribution >= 0.6 is 72.1 Å². The van der Waals surface area contributed by atoms with Crippen LogP contribution in [-0.2, 0) is 0 Å². The number of aliphatic hydroxyl groups is 6. The maximum atomic E-state index is 9.41. The van der Waals surface area contributed by atoms with Gasteiger partial charge in [0.2, 0.25) is 0 Å². The third-order valence-electron chi connectivity index (χ3n) is 6.42. The molecule has 3 rings (SSSR count). The Balaban J connectivity index is 0. The molecule has 0 spiro atoms. The van der Waals surface area contributed by atoms with Crippen molar-refractivity contribution in [3.8, 4) is 0 Å². The Labute approximate surface area is 285 Å². The van der Waals surface area contributed by atoms with Gasteiger partial charge < -0.3 is 30.6 Å². The number of aliphatic hydroxyl groups excluding tert-OH is 6. The van der Waals surface area contributed by atoms with E-state index in [1.807, 2.05) is 19.1 Å². The van der Waals surface area contributed by atoms with Gasteiger partial charge in [0.05, 0.1) is 31.5 Å². The Kier molecular flexibility index (Phi) is 34.5. The summed E-state index contributed by atoms with van der Waals surface area (Å²) >= 11 is 16.4. The average molecular weight is 707 g/mol. The lowest BCUT2D eigenvalue weighted by Crippen LogP contribution is -2.17. The van der Waals surface area contributed by atoms with Gasteiger partial charge in [-0.25, -0.2) is 0 Å². The summed E-state index contributed by atoms with van der Waals surface area (Å²) in [7, 11) is 3.17. The minimum absolute atomic E-state index is 0.0293. The lowest BCUT2D eigenvalue weighted by molar-refractivity contribution is 0.122. The van der Waals surface area contributed by atoms with Crippen molar-refractivity contribution in [2.24, 2.45) is 0 Å². The summed E-state index contributed by atoms with van der Waals surface area (Å²) in [6.07, 6.45) is 9.77. The summed E-state index contributed by atoms with van der Waals surface area (Å²) in [5, 5.41) is 52.3. The first kappa shape index (κ1) is 45.2. The molecule has 42 heavy (non-hydrogen) atoms. The van der Waals surface area contributed by atoms with Gasteiger partial charge in [0.15, 0.2) is 0 Å². The van der Waals surface area contributed by atoms with Gasteiger partial charge in [0.25, 0.3) is 0 Å². The van der Waals surface area contributed by atoms with E-state index in [0.29, 0.717) is 17.8 Å². The number of thiol groups is 4. The van der Waals surface area contributed by atoms with E-state index in [-0.39, 0.29) is 36.8 Å². The standard InChI is InChI=1S/C12H16OS.C6H12OS.C4H10O2S2.2C4H10OS/c13-11-5-1-9(2-6-11)10-3-7-12(14)8-4-10;7-5-1-3-6(8)4-2-5;5-1-3-7-8-4-2-6;1-3(5)4(2)6;5-3-1-2-4-6/h3-4,7-9,11,13-14H,1-2,5-6H2;5-8H,1-4H2;5-6H,1-4H2;3-6H,1-2H3;5-6H,1-4H2. The van der Waals surface area contributed by atoms with Crippen LogP contribution in [0.3, 0.4) is 0 Å². The Hall–Kier alpha value is 1.08. The molecule has 2 fully saturated rings. The molecule has 1 aromatic rings. The van der Waals surface area contributed by atoms with Crippen LogP contribution in [0.2, 0.25) is 0 Å². The van der Waals surface area contributed by atoms with Gasteiger partial charge in [-0.15, -0.1) is 12.6 Å². The fraction of sp³-hybridized carbons (Fsp3) is 0.800. The highest BCUT2D eigenvalue weighted by Crippen LogP contribution is 2.33. The minimum Gasteiger partial charge on any atom is -0.396 e. The van der Waals surface area contributed by atoms with Crippen molar-refractivity contribution in [1.82, 2.24) is 0 Å². The van der Waals surface area contributed by atoms with E-state index in [1.54, 1.807) is 28.5 Å². The summed E-state index contributed by atoms with van der Waals surface area (Å²) in [5.74, 6) is 3.04. The fourth-order valence-corrected chi connectivity index (χ4v) is 5.84. The average Bonchev–Trinajstić information content (AvgIpc) is 2.98. The van der Waals surface area contributed by atoms with Gasteiger partial charge in [-0.1, -0.05) is 40.6 Å². The second-order valence-corrected chi connectivity index (χ2v) is 15.5. The van der Waals surface area contributed by atoms with E-state index in [2.05, 4.69) is 62.6 Å². The lowest BCUT2D eigenvalue weighted by atomic mass is 9.83. The first-order valence-electron chi connectivity index (χ1n) is 14.9. The van der Waals surface area contributed by atoms with Crippen LogP contribution in [0, 0.1) is 0 Å². The number of hydrogen-bond acceptors (Lipinski definition) is 12. The van der Waals surface area contributed by atoms with Crippen molar-refractivity contribution >= 4 is 72.1 Å². The Morgan fingerprint density at radius 1 is 0.762 bits per heavy atom. The van der Waals surface area contributed by atoms with Crippen molar-refractivity contribution in [2.75, 3.05) is 37.1 Å². The van der Waals surface area contributed by atoms with Gasteiger partial charge in [-0.2, -0.15) is 37.9 Å². The predicted octanol–water partition coefficient (Wildman–Crippen LogP) is 5.94. The highest BCUT2D eigenvalue weighted by Gasteiger charge is 2.20.